The lowest BCUT2D eigenvalue weighted by molar-refractivity contribution is 0.102. The van der Waals surface area contributed by atoms with Crippen LogP contribution in [0.5, 0.6) is 0 Å². The predicted octanol–water partition coefficient (Wildman–Crippen LogP) is 2.60. The molecule has 1 aromatic carbocycles. The first kappa shape index (κ1) is 12.4. The third-order valence-corrected chi connectivity index (χ3v) is 3.03. The average molecular weight is 243 g/mol. The Balaban J connectivity index is 2.22. The second-order valence-electron chi connectivity index (χ2n) is 4.56. The van der Waals surface area contributed by atoms with Gasteiger partial charge in [-0.05, 0) is 44.0 Å². The Morgan fingerprint density at radius 2 is 1.94 bits per heavy atom. The van der Waals surface area contributed by atoms with Crippen LogP contribution in [0.1, 0.15) is 27.2 Å². The van der Waals surface area contributed by atoms with Crippen LogP contribution in [0.4, 0.5) is 5.69 Å². The summed E-state index contributed by atoms with van der Waals surface area (Å²) in [6.45, 7) is 5.90. The predicted molar refractivity (Wildman–Crippen MR) is 71.8 cm³/mol. The summed E-state index contributed by atoms with van der Waals surface area (Å²) in [5.74, 6) is -0.103. The van der Waals surface area contributed by atoms with Gasteiger partial charge in [-0.3, -0.25) is 9.48 Å². The van der Waals surface area contributed by atoms with Crippen molar-refractivity contribution in [3.63, 3.8) is 0 Å². The van der Waals surface area contributed by atoms with E-state index in [0.29, 0.717) is 5.56 Å². The third kappa shape index (κ3) is 2.42. The van der Waals surface area contributed by atoms with Gasteiger partial charge in [0.05, 0.1) is 11.4 Å². The standard InChI is InChI=1S/C14H17N3O/c1-9-5-6-12(7-10(9)2)14(18)15-13-8-17(4)16-11(13)3/h5-8H,1-4H3,(H,15,18). The summed E-state index contributed by atoms with van der Waals surface area (Å²) in [4.78, 5) is 12.1. The summed E-state index contributed by atoms with van der Waals surface area (Å²) in [6.07, 6.45) is 1.80. The quantitative estimate of drug-likeness (QED) is 0.881. The molecule has 2 aromatic rings. The molecule has 4 heteroatoms. The van der Waals surface area contributed by atoms with E-state index in [9.17, 15) is 4.79 Å². The van der Waals surface area contributed by atoms with Gasteiger partial charge in [0.25, 0.3) is 5.91 Å². The van der Waals surface area contributed by atoms with Gasteiger partial charge in [-0.2, -0.15) is 5.10 Å². The maximum Gasteiger partial charge on any atom is 0.255 e. The smallest absolute Gasteiger partial charge is 0.255 e. The van der Waals surface area contributed by atoms with Crippen LogP contribution in [0.25, 0.3) is 0 Å². The van der Waals surface area contributed by atoms with E-state index < -0.39 is 0 Å². The number of carbonyl (C=O) groups excluding carboxylic acids is 1. The fourth-order valence-corrected chi connectivity index (χ4v) is 1.80. The molecular weight excluding hydrogens is 226 g/mol. The molecule has 1 amide bonds. The Kier molecular flexibility index (Phi) is 3.19. The van der Waals surface area contributed by atoms with Gasteiger partial charge in [0, 0.05) is 18.8 Å². The molecule has 0 aliphatic heterocycles. The Bertz CT molecular complexity index is 599. The van der Waals surface area contributed by atoms with E-state index in [4.69, 9.17) is 0 Å². The van der Waals surface area contributed by atoms with E-state index in [1.807, 2.05) is 46.0 Å². The molecule has 1 N–H and O–H groups in total. The number of hydrogen-bond acceptors (Lipinski definition) is 2. The molecule has 1 heterocycles. The van der Waals surface area contributed by atoms with E-state index >= 15 is 0 Å². The van der Waals surface area contributed by atoms with Gasteiger partial charge in [0.1, 0.15) is 0 Å². The van der Waals surface area contributed by atoms with Crippen molar-refractivity contribution in [1.82, 2.24) is 9.78 Å². The van der Waals surface area contributed by atoms with Gasteiger partial charge >= 0.3 is 0 Å². The normalized spacial score (nSPS) is 10.4. The number of anilines is 1. The summed E-state index contributed by atoms with van der Waals surface area (Å²) in [7, 11) is 1.83. The molecule has 0 atom stereocenters. The first-order valence-electron chi connectivity index (χ1n) is 5.86. The zero-order valence-corrected chi connectivity index (χ0v) is 11.1. The highest BCUT2D eigenvalue weighted by atomic mass is 16.1. The van der Waals surface area contributed by atoms with Crippen LogP contribution in [-0.4, -0.2) is 15.7 Å². The van der Waals surface area contributed by atoms with Crippen LogP contribution in [0, 0.1) is 20.8 Å². The molecule has 0 aliphatic rings. The largest absolute Gasteiger partial charge is 0.319 e. The lowest BCUT2D eigenvalue weighted by Gasteiger charge is -2.06. The van der Waals surface area contributed by atoms with Crippen molar-refractivity contribution in [3.05, 3.63) is 46.8 Å². The fourth-order valence-electron chi connectivity index (χ4n) is 1.80. The number of hydrogen-bond donors (Lipinski definition) is 1. The summed E-state index contributed by atoms with van der Waals surface area (Å²) in [5, 5.41) is 7.06. The molecule has 0 bridgehead atoms. The van der Waals surface area contributed by atoms with Crippen LogP contribution in [0.2, 0.25) is 0 Å². The first-order chi connectivity index (χ1) is 8.47. The molecule has 0 spiro atoms. The minimum Gasteiger partial charge on any atom is -0.319 e. The van der Waals surface area contributed by atoms with Gasteiger partial charge in [0.2, 0.25) is 0 Å². The SMILES string of the molecule is Cc1ccc(C(=O)Nc2cn(C)nc2C)cc1C. The lowest BCUT2D eigenvalue weighted by Crippen LogP contribution is -2.12. The Labute approximate surface area is 107 Å². The number of rotatable bonds is 2. The number of nitrogens with zero attached hydrogens (tertiary/aromatic N) is 2. The van der Waals surface area contributed by atoms with E-state index in [1.165, 1.54) is 5.56 Å². The number of aryl methyl sites for hydroxylation is 4. The minimum absolute atomic E-state index is 0.103. The molecular formula is C14H17N3O. The second-order valence-corrected chi connectivity index (χ2v) is 4.56. The number of carbonyl (C=O) groups is 1. The first-order valence-corrected chi connectivity index (χ1v) is 5.86. The second kappa shape index (κ2) is 4.64. The maximum atomic E-state index is 12.1. The summed E-state index contributed by atoms with van der Waals surface area (Å²) in [6, 6.07) is 5.69. The zero-order chi connectivity index (χ0) is 13.3. The number of amides is 1. The van der Waals surface area contributed by atoms with Gasteiger partial charge in [0.15, 0.2) is 0 Å². The van der Waals surface area contributed by atoms with Crippen LogP contribution in [0.15, 0.2) is 24.4 Å². The number of benzene rings is 1. The van der Waals surface area contributed by atoms with E-state index in [1.54, 1.807) is 10.9 Å². The lowest BCUT2D eigenvalue weighted by atomic mass is 10.1. The van der Waals surface area contributed by atoms with Crippen molar-refractivity contribution < 1.29 is 4.79 Å². The Morgan fingerprint density at radius 3 is 2.50 bits per heavy atom. The number of aromatic nitrogens is 2. The van der Waals surface area contributed by atoms with E-state index in [0.717, 1.165) is 16.9 Å². The summed E-state index contributed by atoms with van der Waals surface area (Å²) < 4.78 is 1.69. The summed E-state index contributed by atoms with van der Waals surface area (Å²) in [5.41, 5.74) is 4.53. The number of nitrogens with one attached hydrogen (secondary N) is 1. The van der Waals surface area contributed by atoms with Crippen molar-refractivity contribution in [2.75, 3.05) is 5.32 Å². The topological polar surface area (TPSA) is 46.9 Å². The van der Waals surface area contributed by atoms with Crippen molar-refractivity contribution in [2.24, 2.45) is 7.05 Å². The molecule has 0 saturated carbocycles. The molecule has 94 valence electrons. The molecule has 2 rings (SSSR count). The highest BCUT2D eigenvalue weighted by Crippen LogP contribution is 2.15. The van der Waals surface area contributed by atoms with Gasteiger partial charge in [-0.15, -0.1) is 0 Å². The molecule has 4 nitrogen and oxygen atoms in total. The van der Waals surface area contributed by atoms with Gasteiger partial charge in [-0.1, -0.05) is 6.07 Å². The maximum absolute atomic E-state index is 12.1. The Morgan fingerprint density at radius 1 is 1.22 bits per heavy atom. The Hall–Kier alpha value is -2.10. The monoisotopic (exact) mass is 243 g/mol. The highest BCUT2D eigenvalue weighted by Gasteiger charge is 2.10. The van der Waals surface area contributed by atoms with Crippen LogP contribution >= 0.6 is 0 Å². The molecule has 1 aromatic heterocycles. The molecule has 0 radical (unpaired) electrons. The average Bonchev–Trinajstić information content (AvgIpc) is 2.61. The van der Waals surface area contributed by atoms with E-state index in [-0.39, 0.29) is 5.91 Å². The van der Waals surface area contributed by atoms with Crippen LogP contribution in [0.3, 0.4) is 0 Å². The minimum atomic E-state index is -0.103. The van der Waals surface area contributed by atoms with Crippen LogP contribution in [-0.2, 0) is 7.05 Å². The molecule has 0 aliphatic carbocycles. The van der Waals surface area contributed by atoms with Gasteiger partial charge in [-0.25, -0.2) is 0 Å². The van der Waals surface area contributed by atoms with Crippen molar-refractivity contribution in [3.8, 4) is 0 Å². The van der Waals surface area contributed by atoms with Crippen molar-refractivity contribution >= 4 is 11.6 Å². The van der Waals surface area contributed by atoms with Gasteiger partial charge < -0.3 is 5.32 Å². The van der Waals surface area contributed by atoms with Crippen molar-refractivity contribution in [2.45, 2.75) is 20.8 Å². The molecule has 0 saturated heterocycles. The van der Waals surface area contributed by atoms with E-state index in [2.05, 4.69) is 10.4 Å². The van der Waals surface area contributed by atoms with Crippen LogP contribution < -0.4 is 5.32 Å². The molecule has 18 heavy (non-hydrogen) atoms. The molecule has 0 unspecified atom stereocenters. The third-order valence-electron chi connectivity index (χ3n) is 3.03. The summed E-state index contributed by atoms with van der Waals surface area (Å²) >= 11 is 0. The fraction of sp³-hybridized carbons (Fsp3) is 0.286. The highest BCUT2D eigenvalue weighted by molar-refractivity contribution is 6.04. The zero-order valence-electron chi connectivity index (χ0n) is 11.1. The van der Waals surface area contributed by atoms with Crippen molar-refractivity contribution in [1.29, 1.82) is 0 Å². The molecule has 0 fully saturated rings.